The molecule has 0 bridgehead atoms. The molecule has 23 heavy (non-hydrogen) atoms. The van der Waals surface area contributed by atoms with Gasteiger partial charge in [-0.3, -0.25) is 0 Å². The first-order valence-corrected chi connectivity index (χ1v) is 9.10. The van der Waals surface area contributed by atoms with Gasteiger partial charge in [-0.15, -0.1) is 0 Å². The number of hydrogen-bond acceptors (Lipinski definition) is 4. The van der Waals surface area contributed by atoms with Crippen molar-refractivity contribution in [3.63, 3.8) is 0 Å². The van der Waals surface area contributed by atoms with Gasteiger partial charge >= 0.3 is 0 Å². The van der Waals surface area contributed by atoms with E-state index in [1.807, 2.05) is 0 Å². The lowest BCUT2D eigenvalue weighted by Crippen LogP contribution is -2.56. The Balaban J connectivity index is 1.68. The molecule has 8 heteroatoms. The van der Waals surface area contributed by atoms with Gasteiger partial charge in [-0.2, -0.15) is 4.31 Å². The molecule has 0 unspecified atom stereocenters. The molecule has 1 aliphatic heterocycles. The molecule has 2 heterocycles. The summed E-state index contributed by atoms with van der Waals surface area (Å²) < 4.78 is 32.2. The summed E-state index contributed by atoms with van der Waals surface area (Å²) in [5.74, 6) is 0.426. The summed E-state index contributed by atoms with van der Waals surface area (Å²) in [6.07, 6.45) is 1.26. The van der Waals surface area contributed by atoms with E-state index in [0.29, 0.717) is 21.5 Å². The smallest absolute Gasteiger partial charge is 0.243 e. The van der Waals surface area contributed by atoms with Crippen molar-refractivity contribution in [2.75, 3.05) is 13.1 Å². The summed E-state index contributed by atoms with van der Waals surface area (Å²) in [6.45, 7) is 2.30. The first-order chi connectivity index (χ1) is 10.9. The van der Waals surface area contributed by atoms with E-state index < -0.39 is 10.0 Å². The van der Waals surface area contributed by atoms with Crippen LogP contribution in [0.15, 0.2) is 41.4 Å². The number of halogens is 2. The average molecular weight is 373 g/mol. The van der Waals surface area contributed by atoms with E-state index in [2.05, 4.69) is 4.98 Å². The van der Waals surface area contributed by atoms with Gasteiger partial charge in [0.15, 0.2) is 0 Å². The van der Waals surface area contributed by atoms with Crippen LogP contribution >= 0.6 is 23.2 Å². The van der Waals surface area contributed by atoms with Crippen LogP contribution in [0.1, 0.15) is 5.56 Å². The van der Waals surface area contributed by atoms with Crippen LogP contribution in [0.4, 0.5) is 0 Å². The average Bonchev–Trinajstić information content (AvgIpc) is 2.46. The van der Waals surface area contributed by atoms with Crippen LogP contribution in [0.3, 0.4) is 0 Å². The van der Waals surface area contributed by atoms with Gasteiger partial charge in [0.25, 0.3) is 0 Å². The molecule has 0 aliphatic carbocycles. The summed E-state index contributed by atoms with van der Waals surface area (Å²) in [5.41, 5.74) is 0.665. The zero-order valence-electron chi connectivity index (χ0n) is 12.2. The summed E-state index contributed by atoms with van der Waals surface area (Å²) in [6, 6.07) is 8.17. The minimum absolute atomic E-state index is 0.224. The van der Waals surface area contributed by atoms with Crippen LogP contribution in [-0.2, 0) is 10.0 Å². The van der Waals surface area contributed by atoms with E-state index in [4.69, 9.17) is 27.9 Å². The molecule has 1 aromatic carbocycles. The van der Waals surface area contributed by atoms with Crippen molar-refractivity contribution in [2.45, 2.75) is 17.9 Å². The molecule has 0 saturated carbocycles. The highest BCUT2D eigenvalue weighted by molar-refractivity contribution is 7.89. The Labute approximate surface area is 144 Å². The largest absolute Gasteiger partial charge is 0.472 e. The molecule has 3 rings (SSSR count). The molecule has 5 nitrogen and oxygen atoms in total. The quantitative estimate of drug-likeness (QED) is 0.826. The van der Waals surface area contributed by atoms with E-state index >= 15 is 0 Å². The number of hydrogen-bond donors (Lipinski definition) is 0. The number of pyridine rings is 1. The normalized spacial score (nSPS) is 16.1. The van der Waals surface area contributed by atoms with Crippen LogP contribution in [0.25, 0.3) is 0 Å². The van der Waals surface area contributed by atoms with Crippen LogP contribution in [0.2, 0.25) is 10.0 Å². The van der Waals surface area contributed by atoms with E-state index in [1.165, 1.54) is 16.6 Å². The molecular weight excluding hydrogens is 359 g/mol. The van der Waals surface area contributed by atoms with E-state index in [9.17, 15) is 8.42 Å². The molecular formula is C15H14Cl2N2O3S. The monoisotopic (exact) mass is 372 g/mol. The van der Waals surface area contributed by atoms with E-state index in [0.717, 1.165) is 0 Å². The van der Waals surface area contributed by atoms with Gasteiger partial charge in [0, 0.05) is 17.3 Å². The van der Waals surface area contributed by atoms with Gasteiger partial charge in [0.1, 0.15) is 6.10 Å². The van der Waals surface area contributed by atoms with Crippen LogP contribution in [0.5, 0.6) is 5.88 Å². The molecule has 0 radical (unpaired) electrons. The molecule has 122 valence electrons. The van der Waals surface area contributed by atoms with E-state index in [1.54, 1.807) is 31.2 Å². The topological polar surface area (TPSA) is 59.5 Å². The zero-order chi connectivity index (χ0) is 16.6. The Morgan fingerprint density at radius 1 is 1.17 bits per heavy atom. The second kappa shape index (κ2) is 6.28. The molecule has 1 aliphatic rings. The molecule has 1 fully saturated rings. The van der Waals surface area contributed by atoms with Crippen LogP contribution in [-0.4, -0.2) is 36.9 Å². The summed E-state index contributed by atoms with van der Waals surface area (Å²) >= 11 is 11.7. The van der Waals surface area contributed by atoms with Gasteiger partial charge in [0.2, 0.25) is 15.9 Å². The standard InChI is InChI=1S/C15H14Cl2N2O3S/c1-10-2-3-11(16)6-14(10)23(20,21)19-8-13(9-19)22-15-5-4-12(17)7-18-15/h2-7,13H,8-9H2,1H3. The van der Waals surface area contributed by atoms with Gasteiger partial charge < -0.3 is 4.74 Å². The predicted octanol–water partition coefficient (Wildman–Crippen LogP) is 3.15. The number of aryl methyl sites for hydroxylation is 1. The Hall–Kier alpha value is -1.34. The van der Waals surface area contributed by atoms with Crippen molar-refractivity contribution >= 4 is 33.2 Å². The summed E-state index contributed by atoms with van der Waals surface area (Å²) in [4.78, 5) is 4.26. The highest BCUT2D eigenvalue weighted by Crippen LogP contribution is 2.28. The number of ether oxygens (including phenoxy) is 1. The van der Waals surface area contributed by atoms with Crippen LogP contribution in [0, 0.1) is 6.92 Å². The Kier molecular flexibility index (Phi) is 4.51. The number of benzene rings is 1. The van der Waals surface area contributed by atoms with Crippen LogP contribution < -0.4 is 4.74 Å². The minimum atomic E-state index is -3.56. The number of aromatic nitrogens is 1. The van der Waals surface area contributed by atoms with Crippen molar-refractivity contribution in [1.82, 2.24) is 9.29 Å². The maximum atomic E-state index is 12.6. The fourth-order valence-electron chi connectivity index (χ4n) is 2.27. The lowest BCUT2D eigenvalue weighted by atomic mass is 10.2. The second-order valence-corrected chi connectivity index (χ2v) is 8.07. The second-order valence-electron chi connectivity index (χ2n) is 5.29. The number of nitrogens with zero attached hydrogens (tertiary/aromatic N) is 2. The van der Waals surface area contributed by atoms with Gasteiger partial charge in [-0.05, 0) is 30.7 Å². The van der Waals surface area contributed by atoms with Gasteiger partial charge in [0.05, 0.1) is 23.0 Å². The first-order valence-electron chi connectivity index (χ1n) is 6.91. The van der Waals surface area contributed by atoms with Crippen molar-refractivity contribution in [3.05, 3.63) is 52.1 Å². The van der Waals surface area contributed by atoms with E-state index in [-0.39, 0.29) is 24.1 Å². The number of sulfonamides is 1. The molecule has 1 aromatic heterocycles. The predicted molar refractivity (Wildman–Crippen MR) is 88.6 cm³/mol. The van der Waals surface area contributed by atoms with Crippen molar-refractivity contribution in [2.24, 2.45) is 0 Å². The fourth-order valence-corrected chi connectivity index (χ4v) is 4.37. The third kappa shape index (κ3) is 3.45. The zero-order valence-corrected chi connectivity index (χ0v) is 14.6. The molecule has 1 saturated heterocycles. The molecule has 0 spiro atoms. The molecule has 2 aromatic rings. The summed E-state index contributed by atoms with van der Waals surface area (Å²) in [7, 11) is -3.56. The van der Waals surface area contributed by atoms with Gasteiger partial charge in [-0.25, -0.2) is 13.4 Å². The summed E-state index contributed by atoms with van der Waals surface area (Å²) in [5, 5.41) is 0.916. The lowest BCUT2D eigenvalue weighted by molar-refractivity contribution is 0.0721. The third-order valence-corrected chi connectivity index (χ3v) is 6.00. The highest BCUT2D eigenvalue weighted by Gasteiger charge is 2.39. The lowest BCUT2D eigenvalue weighted by Gasteiger charge is -2.37. The van der Waals surface area contributed by atoms with Gasteiger partial charge in [-0.1, -0.05) is 29.3 Å². The number of rotatable bonds is 4. The van der Waals surface area contributed by atoms with Crippen molar-refractivity contribution in [3.8, 4) is 5.88 Å². The molecule has 0 atom stereocenters. The minimum Gasteiger partial charge on any atom is -0.472 e. The first kappa shape index (κ1) is 16.5. The highest BCUT2D eigenvalue weighted by atomic mass is 35.5. The Morgan fingerprint density at radius 3 is 2.52 bits per heavy atom. The third-order valence-electron chi connectivity index (χ3n) is 3.57. The maximum absolute atomic E-state index is 12.6. The van der Waals surface area contributed by atoms with Crippen molar-refractivity contribution < 1.29 is 13.2 Å². The maximum Gasteiger partial charge on any atom is 0.243 e. The Bertz CT molecular complexity index is 819. The SMILES string of the molecule is Cc1ccc(Cl)cc1S(=O)(=O)N1CC(Oc2ccc(Cl)cn2)C1. The van der Waals surface area contributed by atoms with Crippen molar-refractivity contribution in [1.29, 1.82) is 0 Å². The Morgan fingerprint density at radius 2 is 1.87 bits per heavy atom. The molecule has 0 amide bonds. The fraction of sp³-hybridized carbons (Fsp3) is 0.267. The molecule has 0 N–H and O–H groups in total.